The van der Waals surface area contributed by atoms with Crippen LogP contribution in [0.15, 0.2) is 0 Å². The van der Waals surface area contributed by atoms with Crippen molar-refractivity contribution < 1.29 is 13.5 Å². The van der Waals surface area contributed by atoms with Crippen LogP contribution in [-0.2, 0) is 9.05 Å². The zero-order valence-electron chi connectivity index (χ0n) is 8.00. The van der Waals surface area contributed by atoms with E-state index in [0.717, 1.165) is 19.3 Å². The van der Waals surface area contributed by atoms with Crippen molar-refractivity contribution in [1.82, 2.24) is 0 Å². The average Bonchev–Trinajstić information content (AvgIpc) is 2.76. The molecule has 3 nitrogen and oxygen atoms in total. The monoisotopic (exact) mass is 238 g/mol. The van der Waals surface area contributed by atoms with Gasteiger partial charge in [0.25, 0.3) is 0 Å². The first-order chi connectivity index (χ1) is 6.37. The number of rotatable bonds is 4. The smallest absolute Gasteiger partial charge is 0.238 e. The Hall–Kier alpha value is 0.200. The van der Waals surface area contributed by atoms with Crippen LogP contribution in [0.5, 0.6) is 0 Å². The first-order valence-corrected chi connectivity index (χ1v) is 7.35. The topological polar surface area (TPSA) is 54.4 Å². The predicted molar refractivity (Wildman–Crippen MR) is 54.8 cm³/mol. The van der Waals surface area contributed by atoms with E-state index in [1.807, 2.05) is 0 Å². The largest absolute Gasteiger partial charge is 0.390 e. The second-order valence-electron chi connectivity index (χ2n) is 4.70. The number of hydrogen-bond donors (Lipinski definition) is 1. The Labute approximate surface area is 88.9 Å². The molecule has 2 rings (SSSR count). The normalized spacial score (nSPS) is 28.1. The molecule has 0 spiro atoms. The Bertz CT molecular complexity index is 328. The lowest BCUT2D eigenvalue weighted by Gasteiger charge is -2.37. The SMILES string of the molecule is O=S(=O)(Cl)C1(CCC2(O)CCC2)CC1. The van der Waals surface area contributed by atoms with Crippen molar-refractivity contribution in [2.45, 2.75) is 55.3 Å². The maximum Gasteiger partial charge on any atom is 0.238 e. The highest BCUT2D eigenvalue weighted by Gasteiger charge is 2.54. The highest BCUT2D eigenvalue weighted by atomic mass is 35.7. The van der Waals surface area contributed by atoms with Crippen LogP contribution in [0.4, 0.5) is 0 Å². The molecule has 1 N–H and O–H groups in total. The number of halogens is 1. The molecule has 0 bridgehead atoms. The quantitative estimate of drug-likeness (QED) is 0.760. The third kappa shape index (κ3) is 1.79. The summed E-state index contributed by atoms with van der Waals surface area (Å²) in [5, 5.41) is 9.83. The first-order valence-electron chi connectivity index (χ1n) is 5.04. The highest BCUT2D eigenvalue weighted by molar-refractivity contribution is 8.15. The first kappa shape index (κ1) is 10.7. The number of hydrogen-bond acceptors (Lipinski definition) is 3. The van der Waals surface area contributed by atoms with Crippen LogP contribution in [0.3, 0.4) is 0 Å². The summed E-state index contributed by atoms with van der Waals surface area (Å²) in [6.07, 6.45) is 5.10. The molecule has 2 saturated carbocycles. The van der Waals surface area contributed by atoms with Crippen LogP contribution in [0.1, 0.15) is 44.9 Å². The Balaban J connectivity index is 1.92. The molecule has 2 aliphatic carbocycles. The van der Waals surface area contributed by atoms with Gasteiger partial charge in [0.15, 0.2) is 0 Å². The average molecular weight is 239 g/mol. The van der Waals surface area contributed by atoms with Crippen LogP contribution in [0.2, 0.25) is 0 Å². The van der Waals surface area contributed by atoms with Gasteiger partial charge in [0.05, 0.1) is 10.3 Å². The molecule has 2 fully saturated rings. The van der Waals surface area contributed by atoms with E-state index >= 15 is 0 Å². The van der Waals surface area contributed by atoms with E-state index in [9.17, 15) is 13.5 Å². The number of aliphatic hydroxyl groups is 1. The predicted octanol–water partition coefficient (Wildman–Crippen LogP) is 1.78. The molecular weight excluding hydrogens is 224 g/mol. The van der Waals surface area contributed by atoms with Crippen molar-refractivity contribution in [3.05, 3.63) is 0 Å². The van der Waals surface area contributed by atoms with E-state index in [2.05, 4.69) is 0 Å². The van der Waals surface area contributed by atoms with E-state index in [1.54, 1.807) is 0 Å². The molecular formula is C9H15ClO3S. The second-order valence-corrected chi connectivity index (χ2v) is 7.66. The molecule has 5 heteroatoms. The standard InChI is InChI=1S/C9H15ClO3S/c10-14(12,13)9(6-7-9)5-4-8(11)2-1-3-8/h11H,1-7H2. The van der Waals surface area contributed by atoms with Gasteiger partial charge in [-0.25, -0.2) is 8.42 Å². The summed E-state index contributed by atoms with van der Waals surface area (Å²) in [6.45, 7) is 0. The van der Waals surface area contributed by atoms with Gasteiger partial charge in [0.1, 0.15) is 0 Å². The molecule has 0 atom stereocenters. The maximum absolute atomic E-state index is 11.2. The van der Waals surface area contributed by atoms with Gasteiger partial charge >= 0.3 is 0 Å². The lowest BCUT2D eigenvalue weighted by atomic mass is 9.76. The van der Waals surface area contributed by atoms with Crippen molar-refractivity contribution in [1.29, 1.82) is 0 Å². The fourth-order valence-corrected chi connectivity index (χ4v) is 3.68. The van der Waals surface area contributed by atoms with Crippen molar-refractivity contribution in [2.24, 2.45) is 0 Å². The minimum Gasteiger partial charge on any atom is -0.390 e. The Morgan fingerprint density at radius 3 is 2.00 bits per heavy atom. The molecule has 0 radical (unpaired) electrons. The Kier molecular flexibility index (Phi) is 2.37. The lowest BCUT2D eigenvalue weighted by Crippen LogP contribution is -2.38. The van der Waals surface area contributed by atoms with Gasteiger partial charge in [-0.2, -0.15) is 0 Å². The molecule has 0 aromatic carbocycles. The van der Waals surface area contributed by atoms with Crippen molar-refractivity contribution in [3.8, 4) is 0 Å². The lowest BCUT2D eigenvalue weighted by molar-refractivity contribution is -0.0420. The summed E-state index contributed by atoms with van der Waals surface area (Å²) in [5.74, 6) is 0. The van der Waals surface area contributed by atoms with Gasteiger partial charge in [-0.1, -0.05) is 0 Å². The van der Waals surface area contributed by atoms with Gasteiger partial charge in [-0.15, -0.1) is 0 Å². The third-order valence-corrected chi connectivity index (χ3v) is 6.28. The van der Waals surface area contributed by atoms with Gasteiger partial charge in [-0.3, -0.25) is 0 Å². The molecule has 0 heterocycles. The van der Waals surface area contributed by atoms with Gasteiger partial charge in [0, 0.05) is 10.7 Å². The summed E-state index contributed by atoms with van der Waals surface area (Å²) >= 11 is 0. The van der Waals surface area contributed by atoms with Crippen LogP contribution < -0.4 is 0 Å². The van der Waals surface area contributed by atoms with Crippen molar-refractivity contribution in [3.63, 3.8) is 0 Å². The molecule has 0 aromatic heterocycles. The Morgan fingerprint density at radius 1 is 1.14 bits per heavy atom. The van der Waals surface area contributed by atoms with E-state index in [0.29, 0.717) is 25.7 Å². The van der Waals surface area contributed by atoms with Crippen LogP contribution in [0, 0.1) is 0 Å². The van der Waals surface area contributed by atoms with E-state index in [1.165, 1.54) is 0 Å². The van der Waals surface area contributed by atoms with E-state index in [4.69, 9.17) is 10.7 Å². The van der Waals surface area contributed by atoms with Gasteiger partial charge in [0.2, 0.25) is 9.05 Å². The van der Waals surface area contributed by atoms with E-state index in [-0.39, 0.29) is 0 Å². The zero-order valence-corrected chi connectivity index (χ0v) is 9.57. The molecule has 0 amide bonds. The molecule has 0 aliphatic heterocycles. The molecule has 2 aliphatic rings. The van der Waals surface area contributed by atoms with Crippen LogP contribution in [-0.4, -0.2) is 23.9 Å². The highest BCUT2D eigenvalue weighted by Crippen LogP contribution is 2.51. The van der Waals surface area contributed by atoms with Gasteiger partial charge in [-0.05, 0) is 44.9 Å². The maximum atomic E-state index is 11.2. The minimum absolute atomic E-state index is 0.523. The zero-order chi connectivity index (χ0) is 10.4. The Morgan fingerprint density at radius 2 is 1.71 bits per heavy atom. The summed E-state index contributed by atoms with van der Waals surface area (Å²) in [7, 11) is 1.93. The minimum atomic E-state index is -3.44. The van der Waals surface area contributed by atoms with Crippen LogP contribution >= 0.6 is 10.7 Å². The molecule has 0 unspecified atom stereocenters. The fourth-order valence-electron chi connectivity index (χ4n) is 2.05. The molecule has 0 aromatic rings. The van der Waals surface area contributed by atoms with Crippen molar-refractivity contribution >= 4 is 19.7 Å². The van der Waals surface area contributed by atoms with Crippen molar-refractivity contribution in [2.75, 3.05) is 0 Å². The summed E-state index contributed by atoms with van der Waals surface area (Å²) in [5.41, 5.74) is -0.586. The summed E-state index contributed by atoms with van der Waals surface area (Å²) < 4.78 is 21.8. The molecule has 14 heavy (non-hydrogen) atoms. The second kappa shape index (κ2) is 3.09. The summed E-state index contributed by atoms with van der Waals surface area (Å²) in [6, 6.07) is 0. The molecule has 82 valence electrons. The third-order valence-electron chi connectivity index (χ3n) is 3.66. The molecule has 0 saturated heterocycles. The fraction of sp³-hybridized carbons (Fsp3) is 1.00. The van der Waals surface area contributed by atoms with Gasteiger partial charge < -0.3 is 5.11 Å². The van der Waals surface area contributed by atoms with E-state index < -0.39 is 19.4 Å². The summed E-state index contributed by atoms with van der Waals surface area (Å²) in [4.78, 5) is 0. The van der Waals surface area contributed by atoms with Crippen LogP contribution in [0.25, 0.3) is 0 Å².